The molecule has 0 saturated carbocycles. The van der Waals surface area contributed by atoms with Crippen molar-refractivity contribution in [1.29, 1.82) is 0 Å². The lowest BCUT2D eigenvalue weighted by atomic mass is 10.1. The maximum absolute atomic E-state index is 12.5. The fraction of sp³-hybridized carbons (Fsp3) is 0.136. The maximum Gasteiger partial charge on any atom is 0.238 e. The van der Waals surface area contributed by atoms with Gasteiger partial charge in [-0.3, -0.25) is 9.69 Å². The summed E-state index contributed by atoms with van der Waals surface area (Å²) in [6, 6.07) is 22.9. The van der Waals surface area contributed by atoms with Crippen LogP contribution in [0.1, 0.15) is 16.5 Å². The predicted octanol–water partition coefficient (Wildman–Crippen LogP) is 6.35. The van der Waals surface area contributed by atoms with Crippen molar-refractivity contribution in [1.82, 2.24) is 0 Å². The van der Waals surface area contributed by atoms with Crippen LogP contribution in [0.2, 0.25) is 10.0 Å². The Kier molecular flexibility index (Phi) is 5.81. The lowest BCUT2D eigenvalue weighted by Crippen LogP contribution is -2.27. The fourth-order valence-electron chi connectivity index (χ4n) is 3.07. The van der Waals surface area contributed by atoms with Crippen LogP contribution >= 0.6 is 35.0 Å². The van der Waals surface area contributed by atoms with Crippen LogP contribution in [0.4, 0.5) is 5.69 Å². The molecule has 3 aromatic carbocycles. The minimum absolute atomic E-state index is 0.0675. The first-order valence-corrected chi connectivity index (χ1v) is 10.6. The van der Waals surface area contributed by atoms with Crippen LogP contribution in [0.5, 0.6) is 5.75 Å². The Morgan fingerprint density at radius 3 is 2.46 bits per heavy atom. The van der Waals surface area contributed by atoms with Crippen LogP contribution in [0.3, 0.4) is 0 Å². The van der Waals surface area contributed by atoms with Gasteiger partial charge in [0.25, 0.3) is 0 Å². The number of ether oxygens (including phenoxy) is 1. The minimum Gasteiger partial charge on any atom is -0.487 e. The van der Waals surface area contributed by atoms with Crippen LogP contribution in [0, 0.1) is 0 Å². The average molecular weight is 430 g/mol. The van der Waals surface area contributed by atoms with E-state index in [2.05, 4.69) is 0 Å². The molecular weight excluding hydrogens is 413 g/mol. The minimum atomic E-state index is -0.130. The van der Waals surface area contributed by atoms with E-state index in [1.54, 1.807) is 28.8 Å². The fourth-order valence-corrected chi connectivity index (χ4v) is 4.61. The third-order valence-electron chi connectivity index (χ3n) is 4.45. The maximum atomic E-state index is 12.5. The molecule has 1 saturated heterocycles. The summed E-state index contributed by atoms with van der Waals surface area (Å²) in [5.41, 5.74) is 2.86. The molecule has 142 valence electrons. The van der Waals surface area contributed by atoms with Gasteiger partial charge in [-0.1, -0.05) is 59.6 Å². The molecule has 28 heavy (non-hydrogen) atoms. The smallest absolute Gasteiger partial charge is 0.238 e. The summed E-state index contributed by atoms with van der Waals surface area (Å²) in [5.74, 6) is 1.12. The van der Waals surface area contributed by atoms with Gasteiger partial charge in [-0.05, 0) is 47.5 Å². The summed E-state index contributed by atoms with van der Waals surface area (Å²) >= 11 is 14.0. The van der Waals surface area contributed by atoms with Crippen LogP contribution < -0.4 is 9.64 Å². The quantitative estimate of drug-likeness (QED) is 0.472. The molecule has 0 spiro atoms. The number of hydrogen-bond donors (Lipinski definition) is 0. The highest BCUT2D eigenvalue weighted by Gasteiger charge is 2.34. The number of rotatable bonds is 5. The van der Waals surface area contributed by atoms with Gasteiger partial charge in [-0.2, -0.15) is 0 Å². The highest BCUT2D eigenvalue weighted by molar-refractivity contribution is 8.00. The second kappa shape index (κ2) is 8.48. The molecule has 0 radical (unpaired) electrons. The Labute approximate surface area is 178 Å². The molecule has 3 aromatic rings. The molecule has 0 N–H and O–H groups in total. The van der Waals surface area contributed by atoms with E-state index in [9.17, 15) is 4.79 Å². The van der Waals surface area contributed by atoms with E-state index in [4.69, 9.17) is 27.9 Å². The van der Waals surface area contributed by atoms with Gasteiger partial charge in [0.1, 0.15) is 17.7 Å². The molecule has 1 amide bonds. The highest BCUT2D eigenvalue weighted by Crippen LogP contribution is 2.43. The number of benzene rings is 3. The second-order valence-electron chi connectivity index (χ2n) is 6.37. The number of halogens is 2. The SMILES string of the molecule is O=C1CS[C@@H](c2ccc(OCc3ccccc3)c(Cl)c2)N1c1ccc(Cl)cc1. The largest absolute Gasteiger partial charge is 0.487 e. The first-order valence-electron chi connectivity index (χ1n) is 8.77. The van der Waals surface area contributed by atoms with Gasteiger partial charge in [0.05, 0.1) is 10.8 Å². The average Bonchev–Trinajstić information content (AvgIpc) is 3.10. The third-order valence-corrected chi connectivity index (χ3v) is 6.21. The summed E-state index contributed by atoms with van der Waals surface area (Å²) in [7, 11) is 0. The molecule has 0 bridgehead atoms. The Hall–Kier alpha value is -2.14. The van der Waals surface area contributed by atoms with Crippen molar-refractivity contribution in [3.63, 3.8) is 0 Å². The summed E-state index contributed by atoms with van der Waals surface area (Å²) in [5, 5.41) is 1.04. The van der Waals surface area contributed by atoms with Gasteiger partial charge in [-0.15, -0.1) is 11.8 Å². The van der Waals surface area contributed by atoms with Crippen molar-refractivity contribution in [2.24, 2.45) is 0 Å². The number of amides is 1. The molecule has 1 fully saturated rings. The lowest BCUT2D eigenvalue weighted by Gasteiger charge is -2.25. The molecule has 1 aliphatic heterocycles. The van der Waals surface area contributed by atoms with Crippen LogP contribution in [0.25, 0.3) is 0 Å². The number of carbonyl (C=O) groups is 1. The van der Waals surface area contributed by atoms with Crippen molar-refractivity contribution < 1.29 is 9.53 Å². The molecule has 0 unspecified atom stereocenters. The molecular formula is C22H17Cl2NO2S. The number of nitrogens with zero attached hydrogens (tertiary/aromatic N) is 1. The summed E-state index contributed by atoms with van der Waals surface area (Å²) in [6.45, 7) is 0.452. The molecule has 3 nitrogen and oxygen atoms in total. The molecule has 0 aromatic heterocycles. The molecule has 0 aliphatic carbocycles. The Balaban J connectivity index is 1.54. The number of thioether (sulfide) groups is 1. The standard InChI is InChI=1S/C22H17Cl2NO2S/c23-17-7-9-18(10-8-17)25-21(26)14-28-22(25)16-6-11-20(19(24)12-16)27-13-15-4-2-1-3-5-15/h1-12,22H,13-14H2/t22-/m0/s1. The highest BCUT2D eigenvalue weighted by atomic mass is 35.5. The van der Waals surface area contributed by atoms with Crippen molar-refractivity contribution in [3.8, 4) is 5.75 Å². The monoisotopic (exact) mass is 429 g/mol. The van der Waals surface area contributed by atoms with Gasteiger partial charge < -0.3 is 4.74 Å². The summed E-state index contributed by atoms with van der Waals surface area (Å²) < 4.78 is 5.85. The van der Waals surface area contributed by atoms with E-state index in [0.717, 1.165) is 16.8 Å². The van der Waals surface area contributed by atoms with Crippen molar-refractivity contribution in [2.45, 2.75) is 12.0 Å². The zero-order chi connectivity index (χ0) is 19.5. The summed E-state index contributed by atoms with van der Waals surface area (Å²) in [4.78, 5) is 14.3. The number of carbonyl (C=O) groups excluding carboxylic acids is 1. The second-order valence-corrected chi connectivity index (χ2v) is 8.28. The van der Waals surface area contributed by atoms with Gasteiger partial charge in [-0.25, -0.2) is 0 Å². The van der Waals surface area contributed by atoms with Crippen molar-refractivity contribution in [2.75, 3.05) is 10.7 Å². The Bertz CT molecular complexity index is 980. The zero-order valence-corrected chi connectivity index (χ0v) is 17.2. The lowest BCUT2D eigenvalue weighted by molar-refractivity contribution is -0.115. The third kappa shape index (κ3) is 4.14. The van der Waals surface area contributed by atoms with Crippen molar-refractivity contribution in [3.05, 3.63) is 94.0 Å². The number of anilines is 1. The molecule has 1 atom stereocenters. The van der Waals surface area contributed by atoms with Crippen LogP contribution in [0.15, 0.2) is 72.8 Å². The normalized spacial score (nSPS) is 16.4. The van der Waals surface area contributed by atoms with E-state index in [-0.39, 0.29) is 11.3 Å². The molecule has 6 heteroatoms. The van der Waals surface area contributed by atoms with Gasteiger partial charge >= 0.3 is 0 Å². The van der Waals surface area contributed by atoms with Gasteiger partial charge in [0.15, 0.2) is 0 Å². The zero-order valence-electron chi connectivity index (χ0n) is 14.8. The summed E-state index contributed by atoms with van der Waals surface area (Å²) in [6.07, 6.45) is 0. The van der Waals surface area contributed by atoms with E-state index >= 15 is 0 Å². The van der Waals surface area contributed by atoms with Crippen LogP contribution in [-0.4, -0.2) is 11.7 Å². The molecule has 1 heterocycles. The Morgan fingerprint density at radius 1 is 1.00 bits per heavy atom. The van der Waals surface area contributed by atoms with Crippen molar-refractivity contribution >= 4 is 46.6 Å². The van der Waals surface area contributed by atoms with E-state index in [0.29, 0.717) is 28.2 Å². The van der Waals surface area contributed by atoms with E-state index < -0.39 is 0 Å². The van der Waals surface area contributed by atoms with Gasteiger partial charge in [0, 0.05) is 10.7 Å². The molecule has 1 aliphatic rings. The first kappa shape index (κ1) is 19.2. The predicted molar refractivity (Wildman–Crippen MR) is 116 cm³/mol. The topological polar surface area (TPSA) is 29.5 Å². The Morgan fingerprint density at radius 2 is 1.75 bits per heavy atom. The molecule has 4 rings (SSSR count). The van der Waals surface area contributed by atoms with E-state index in [1.807, 2.05) is 60.7 Å². The first-order chi connectivity index (χ1) is 13.6. The van der Waals surface area contributed by atoms with Crippen LogP contribution in [-0.2, 0) is 11.4 Å². The number of hydrogen-bond acceptors (Lipinski definition) is 3. The van der Waals surface area contributed by atoms with E-state index in [1.165, 1.54) is 0 Å². The van der Waals surface area contributed by atoms with Gasteiger partial charge in [0.2, 0.25) is 5.91 Å².